The topological polar surface area (TPSA) is 47.1 Å². The molecule has 2 aromatic rings. The van der Waals surface area contributed by atoms with Crippen LogP contribution in [0, 0.1) is 0 Å². The molecule has 1 aromatic heterocycles. The highest BCUT2D eigenvalue weighted by atomic mass is 35.5. The molecule has 0 amide bonds. The van der Waals surface area contributed by atoms with E-state index in [1.807, 2.05) is 0 Å². The SMILES string of the molecule is FC(F)Oc1ccc(Cl)c(/C=C/c2ncc[nH]2)c1OC1CCCC1. The standard InChI is InChI=1S/C17H17ClF2N2O2/c18-13-6-7-14(24-17(19)20)16(23-11-3-1-2-4-11)12(13)5-8-15-21-9-10-22-15/h5-11,17H,1-4H2,(H,21,22)/b8-5+. The van der Waals surface area contributed by atoms with E-state index in [1.54, 1.807) is 24.5 Å². The van der Waals surface area contributed by atoms with Gasteiger partial charge in [-0.2, -0.15) is 8.78 Å². The molecule has 128 valence electrons. The predicted molar refractivity (Wildman–Crippen MR) is 88.5 cm³/mol. The Hall–Kier alpha value is -2.08. The van der Waals surface area contributed by atoms with Crippen LogP contribution in [-0.2, 0) is 0 Å². The number of aromatic nitrogens is 2. The van der Waals surface area contributed by atoms with E-state index in [0.717, 1.165) is 25.7 Å². The minimum atomic E-state index is -2.93. The summed E-state index contributed by atoms with van der Waals surface area (Å²) in [5, 5.41) is 0.396. The largest absolute Gasteiger partial charge is 0.486 e. The maximum absolute atomic E-state index is 12.7. The summed E-state index contributed by atoms with van der Waals surface area (Å²) in [6, 6.07) is 2.92. The van der Waals surface area contributed by atoms with Crippen LogP contribution >= 0.6 is 11.6 Å². The van der Waals surface area contributed by atoms with Gasteiger partial charge >= 0.3 is 6.61 Å². The van der Waals surface area contributed by atoms with Crippen molar-refractivity contribution in [3.63, 3.8) is 0 Å². The van der Waals surface area contributed by atoms with E-state index in [0.29, 0.717) is 16.4 Å². The van der Waals surface area contributed by atoms with Gasteiger partial charge in [0, 0.05) is 18.0 Å². The molecule has 1 aromatic carbocycles. The van der Waals surface area contributed by atoms with Crippen molar-refractivity contribution in [3.05, 3.63) is 40.9 Å². The van der Waals surface area contributed by atoms with Gasteiger partial charge < -0.3 is 14.5 Å². The number of imidazole rings is 1. The molecule has 1 heterocycles. The predicted octanol–water partition coefficient (Wildman–Crippen LogP) is 5.16. The third-order valence-corrected chi connectivity index (χ3v) is 4.17. The highest BCUT2D eigenvalue weighted by Gasteiger charge is 2.22. The summed E-state index contributed by atoms with van der Waals surface area (Å²) in [7, 11) is 0. The summed E-state index contributed by atoms with van der Waals surface area (Å²) >= 11 is 6.26. The average molecular weight is 355 g/mol. The Kier molecular flexibility index (Phi) is 5.35. The smallest absolute Gasteiger partial charge is 0.387 e. The molecule has 1 aliphatic rings. The van der Waals surface area contributed by atoms with Crippen LogP contribution in [0.25, 0.3) is 12.2 Å². The lowest BCUT2D eigenvalue weighted by atomic mass is 10.1. The Morgan fingerprint density at radius 2 is 2.04 bits per heavy atom. The summed E-state index contributed by atoms with van der Waals surface area (Å²) in [5.41, 5.74) is 0.498. The highest BCUT2D eigenvalue weighted by Crippen LogP contribution is 2.40. The number of hydrogen-bond donors (Lipinski definition) is 1. The second-order valence-electron chi connectivity index (χ2n) is 5.50. The van der Waals surface area contributed by atoms with E-state index in [1.165, 1.54) is 12.1 Å². The zero-order valence-electron chi connectivity index (χ0n) is 12.8. The molecule has 0 radical (unpaired) electrons. The Bertz CT molecular complexity index is 699. The maximum Gasteiger partial charge on any atom is 0.387 e. The van der Waals surface area contributed by atoms with E-state index in [2.05, 4.69) is 14.7 Å². The lowest BCUT2D eigenvalue weighted by Crippen LogP contribution is -2.14. The molecule has 0 saturated heterocycles. The molecule has 3 rings (SSSR count). The normalized spacial score (nSPS) is 15.5. The third kappa shape index (κ3) is 4.06. The molecule has 0 aliphatic heterocycles. The number of nitrogens with one attached hydrogen (secondary N) is 1. The summed E-state index contributed by atoms with van der Waals surface area (Å²) in [6.07, 6.45) is 10.6. The number of hydrogen-bond acceptors (Lipinski definition) is 3. The van der Waals surface area contributed by atoms with Crippen LogP contribution in [0.4, 0.5) is 8.78 Å². The van der Waals surface area contributed by atoms with E-state index >= 15 is 0 Å². The molecule has 0 spiro atoms. The lowest BCUT2D eigenvalue weighted by molar-refractivity contribution is -0.0520. The quantitative estimate of drug-likeness (QED) is 0.779. The van der Waals surface area contributed by atoms with E-state index < -0.39 is 6.61 Å². The Labute approximate surface area is 143 Å². The molecule has 7 heteroatoms. The first kappa shape index (κ1) is 16.8. The van der Waals surface area contributed by atoms with Crippen LogP contribution in [0.1, 0.15) is 37.1 Å². The zero-order valence-corrected chi connectivity index (χ0v) is 13.6. The first-order valence-corrected chi connectivity index (χ1v) is 8.12. The molecule has 0 bridgehead atoms. The van der Waals surface area contributed by atoms with Crippen molar-refractivity contribution in [2.24, 2.45) is 0 Å². The van der Waals surface area contributed by atoms with Crippen LogP contribution in [0.15, 0.2) is 24.5 Å². The van der Waals surface area contributed by atoms with Gasteiger partial charge in [0.2, 0.25) is 0 Å². The molecule has 1 N–H and O–H groups in total. The number of ether oxygens (including phenoxy) is 2. The molecule has 4 nitrogen and oxygen atoms in total. The van der Waals surface area contributed by atoms with E-state index in [4.69, 9.17) is 16.3 Å². The molecule has 0 unspecified atom stereocenters. The second-order valence-corrected chi connectivity index (χ2v) is 5.91. The minimum absolute atomic E-state index is 0.0135. The number of H-pyrrole nitrogens is 1. The fourth-order valence-corrected chi connectivity index (χ4v) is 2.94. The van der Waals surface area contributed by atoms with Gasteiger partial charge in [0.15, 0.2) is 11.5 Å². The van der Waals surface area contributed by atoms with Gasteiger partial charge in [-0.25, -0.2) is 4.98 Å². The van der Waals surface area contributed by atoms with Crippen LogP contribution in [0.5, 0.6) is 11.5 Å². The van der Waals surface area contributed by atoms with Crippen LogP contribution in [0.2, 0.25) is 5.02 Å². The Morgan fingerprint density at radius 1 is 1.25 bits per heavy atom. The van der Waals surface area contributed by atoms with Crippen molar-refractivity contribution in [1.82, 2.24) is 9.97 Å². The van der Waals surface area contributed by atoms with Crippen molar-refractivity contribution in [3.8, 4) is 11.5 Å². The fraction of sp³-hybridized carbons (Fsp3) is 0.353. The van der Waals surface area contributed by atoms with Crippen LogP contribution in [0.3, 0.4) is 0 Å². The number of aromatic amines is 1. The number of halogens is 3. The number of alkyl halides is 2. The first-order valence-electron chi connectivity index (χ1n) is 7.75. The van der Waals surface area contributed by atoms with Crippen molar-refractivity contribution < 1.29 is 18.3 Å². The minimum Gasteiger partial charge on any atom is -0.486 e. The molecular weight excluding hydrogens is 338 g/mol. The summed E-state index contributed by atoms with van der Waals surface area (Å²) < 4.78 is 36.0. The summed E-state index contributed by atoms with van der Waals surface area (Å²) in [4.78, 5) is 7.02. The Morgan fingerprint density at radius 3 is 2.71 bits per heavy atom. The fourth-order valence-electron chi connectivity index (χ4n) is 2.72. The van der Waals surface area contributed by atoms with Gasteiger partial charge in [-0.3, -0.25) is 0 Å². The lowest BCUT2D eigenvalue weighted by Gasteiger charge is -2.19. The number of nitrogens with zero attached hydrogens (tertiary/aromatic N) is 1. The summed E-state index contributed by atoms with van der Waals surface area (Å²) in [5.74, 6) is 0.857. The number of benzene rings is 1. The highest BCUT2D eigenvalue weighted by molar-refractivity contribution is 6.32. The van der Waals surface area contributed by atoms with Crippen LogP contribution < -0.4 is 9.47 Å². The summed E-state index contributed by atoms with van der Waals surface area (Å²) in [6.45, 7) is -2.93. The van der Waals surface area contributed by atoms with Gasteiger partial charge in [0.1, 0.15) is 5.82 Å². The molecule has 1 aliphatic carbocycles. The Balaban J connectivity index is 1.96. The van der Waals surface area contributed by atoms with Crippen molar-refractivity contribution in [1.29, 1.82) is 0 Å². The second kappa shape index (κ2) is 7.66. The van der Waals surface area contributed by atoms with Gasteiger partial charge in [-0.05, 0) is 50.0 Å². The van der Waals surface area contributed by atoms with E-state index in [-0.39, 0.29) is 17.6 Å². The third-order valence-electron chi connectivity index (χ3n) is 3.84. The van der Waals surface area contributed by atoms with Gasteiger partial charge in [-0.15, -0.1) is 0 Å². The van der Waals surface area contributed by atoms with E-state index in [9.17, 15) is 8.78 Å². The molecule has 1 fully saturated rings. The molecule has 24 heavy (non-hydrogen) atoms. The van der Waals surface area contributed by atoms with Crippen LogP contribution in [-0.4, -0.2) is 22.7 Å². The van der Waals surface area contributed by atoms with Gasteiger partial charge in [0.25, 0.3) is 0 Å². The number of rotatable bonds is 6. The zero-order chi connectivity index (χ0) is 16.9. The van der Waals surface area contributed by atoms with Gasteiger partial charge in [0.05, 0.1) is 11.1 Å². The van der Waals surface area contributed by atoms with Crippen molar-refractivity contribution in [2.45, 2.75) is 38.4 Å². The van der Waals surface area contributed by atoms with Crippen molar-refractivity contribution >= 4 is 23.8 Å². The molecule has 1 saturated carbocycles. The maximum atomic E-state index is 12.7. The van der Waals surface area contributed by atoms with Gasteiger partial charge in [-0.1, -0.05) is 11.6 Å². The monoisotopic (exact) mass is 354 g/mol. The molecular formula is C17H17ClF2N2O2. The first-order chi connectivity index (χ1) is 11.6. The van der Waals surface area contributed by atoms with Crippen molar-refractivity contribution in [2.75, 3.05) is 0 Å². The average Bonchev–Trinajstić information content (AvgIpc) is 3.22. The molecule has 0 atom stereocenters.